The predicted octanol–water partition coefficient (Wildman–Crippen LogP) is 6.06. The van der Waals surface area contributed by atoms with Gasteiger partial charge in [-0.1, -0.05) is 45.4 Å². The molecule has 156 valence electrons. The molecule has 0 spiro atoms. The Kier molecular flexibility index (Phi) is 16.5. The molecule has 0 aliphatic carbocycles. The fourth-order valence-electron chi connectivity index (χ4n) is 2.62. The van der Waals surface area contributed by atoms with Crippen molar-refractivity contribution in [2.24, 2.45) is 5.92 Å². The average molecular weight is 386 g/mol. The first-order valence-electron chi connectivity index (χ1n) is 10.4. The summed E-state index contributed by atoms with van der Waals surface area (Å²) < 4.78 is 0. The number of rotatable bonds is 9. The van der Waals surface area contributed by atoms with Gasteiger partial charge in [-0.3, -0.25) is 4.98 Å². The van der Waals surface area contributed by atoms with Crippen molar-refractivity contribution in [2.45, 2.75) is 53.4 Å². The number of carbonyl (C=O) groups excluding carboxylic acids is 1. The quantitative estimate of drug-likeness (QED) is 0.533. The van der Waals surface area contributed by atoms with Crippen LogP contribution in [0.2, 0.25) is 0 Å². The molecule has 28 heavy (non-hydrogen) atoms. The molecular weight excluding hydrogens is 346 g/mol. The summed E-state index contributed by atoms with van der Waals surface area (Å²) in [6, 6.07) is 14.2. The van der Waals surface area contributed by atoms with Gasteiger partial charge in [0.15, 0.2) is 0 Å². The molecule has 1 aromatic heterocycles. The third-order valence-electron chi connectivity index (χ3n) is 4.39. The van der Waals surface area contributed by atoms with Crippen LogP contribution in [0.15, 0.2) is 54.9 Å². The SMILES string of the molecule is CC=O.CCCN(CCCC(C)CC)c1cccnc1.CNc1ccccc1. The molecule has 0 bridgehead atoms. The van der Waals surface area contributed by atoms with Crippen molar-refractivity contribution >= 4 is 17.7 Å². The molecule has 1 unspecified atom stereocenters. The number of pyridine rings is 1. The molecule has 1 heterocycles. The maximum absolute atomic E-state index is 8.81. The summed E-state index contributed by atoms with van der Waals surface area (Å²) in [5.74, 6) is 0.854. The van der Waals surface area contributed by atoms with Gasteiger partial charge in [0.05, 0.1) is 11.9 Å². The summed E-state index contributed by atoms with van der Waals surface area (Å²) in [5.41, 5.74) is 2.42. The molecular formula is C24H39N3O. The second-order valence-corrected chi connectivity index (χ2v) is 6.71. The third kappa shape index (κ3) is 12.9. The van der Waals surface area contributed by atoms with Crippen molar-refractivity contribution in [3.63, 3.8) is 0 Å². The highest BCUT2D eigenvalue weighted by atomic mass is 16.1. The number of hydrogen-bond donors (Lipinski definition) is 1. The van der Waals surface area contributed by atoms with Gasteiger partial charge >= 0.3 is 0 Å². The number of nitrogens with zero attached hydrogens (tertiary/aromatic N) is 2. The first-order chi connectivity index (χ1) is 13.6. The van der Waals surface area contributed by atoms with Crippen molar-refractivity contribution in [3.05, 3.63) is 54.9 Å². The lowest BCUT2D eigenvalue weighted by atomic mass is 10.0. The van der Waals surface area contributed by atoms with E-state index in [0.29, 0.717) is 0 Å². The van der Waals surface area contributed by atoms with Crippen molar-refractivity contribution in [1.82, 2.24) is 4.98 Å². The van der Waals surface area contributed by atoms with Crippen LogP contribution in [-0.4, -0.2) is 31.4 Å². The molecule has 0 fully saturated rings. The van der Waals surface area contributed by atoms with Gasteiger partial charge in [-0.15, -0.1) is 0 Å². The van der Waals surface area contributed by atoms with E-state index in [9.17, 15) is 0 Å². The number of aldehydes is 1. The first-order valence-corrected chi connectivity index (χ1v) is 10.4. The second-order valence-electron chi connectivity index (χ2n) is 6.71. The summed E-state index contributed by atoms with van der Waals surface area (Å²) in [6.07, 6.45) is 9.66. The van der Waals surface area contributed by atoms with Crippen LogP contribution < -0.4 is 10.2 Å². The van der Waals surface area contributed by atoms with Gasteiger partial charge < -0.3 is 15.0 Å². The zero-order valence-electron chi connectivity index (χ0n) is 18.4. The topological polar surface area (TPSA) is 45.2 Å². The molecule has 0 radical (unpaired) electrons. The number of anilines is 2. The van der Waals surface area contributed by atoms with E-state index in [1.807, 2.05) is 55.8 Å². The van der Waals surface area contributed by atoms with Gasteiger partial charge in [0, 0.05) is 32.0 Å². The largest absolute Gasteiger partial charge is 0.388 e. The average Bonchev–Trinajstić information content (AvgIpc) is 2.75. The number of aromatic nitrogens is 1. The fourth-order valence-corrected chi connectivity index (χ4v) is 2.62. The minimum atomic E-state index is 0.750. The maximum atomic E-state index is 8.81. The van der Waals surface area contributed by atoms with Gasteiger partial charge in [-0.25, -0.2) is 0 Å². The van der Waals surface area contributed by atoms with Crippen molar-refractivity contribution < 1.29 is 4.79 Å². The van der Waals surface area contributed by atoms with E-state index in [4.69, 9.17) is 4.79 Å². The maximum Gasteiger partial charge on any atom is 0.116 e. The summed E-state index contributed by atoms with van der Waals surface area (Å²) in [6.45, 7) is 10.6. The Bertz CT molecular complexity index is 575. The van der Waals surface area contributed by atoms with Crippen LogP contribution in [-0.2, 0) is 4.79 Å². The van der Waals surface area contributed by atoms with E-state index < -0.39 is 0 Å². The molecule has 0 saturated heterocycles. The van der Waals surface area contributed by atoms with E-state index in [2.05, 4.69) is 42.0 Å². The molecule has 1 atom stereocenters. The van der Waals surface area contributed by atoms with Crippen LogP contribution in [0.3, 0.4) is 0 Å². The molecule has 0 amide bonds. The number of carbonyl (C=O) groups is 1. The number of para-hydroxylation sites is 1. The second kappa shape index (κ2) is 18.0. The lowest BCUT2D eigenvalue weighted by Crippen LogP contribution is -2.25. The van der Waals surface area contributed by atoms with Crippen LogP contribution in [0, 0.1) is 5.92 Å². The zero-order chi connectivity index (χ0) is 21.0. The van der Waals surface area contributed by atoms with E-state index in [0.717, 1.165) is 31.0 Å². The van der Waals surface area contributed by atoms with Crippen LogP contribution in [0.4, 0.5) is 11.4 Å². The summed E-state index contributed by atoms with van der Waals surface area (Å²) >= 11 is 0. The monoisotopic (exact) mass is 385 g/mol. The smallest absolute Gasteiger partial charge is 0.116 e. The third-order valence-corrected chi connectivity index (χ3v) is 4.39. The number of benzene rings is 1. The van der Waals surface area contributed by atoms with Crippen molar-refractivity contribution in [1.29, 1.82) is 0 Å². The van der Waals surface area contributed by atoms with Gasteiger partial charge in [-0.2, -0.15) is 0 Å². The summed E-state index contributed by atoms with van der Waals surface area (Å²) in [5, 5.41) is 3.03. The summed E-state index contributed by atoms with van der Waals surface area (Å²) in [7, 11) is 1.91. The molecule has 4 nitrogen and oxygen atoms in total. The van der Waals surface area contributed by atoms with Gasteiger partial charge in [0.2, 0.25) is 0 Å². The van der Waals surface area contributed by atoms with Crippen LogP contribution in [0.1, 0.15) is 53.4 Å². The van der Waals surface area contributed by atoms with E-state index in [1.165, 1.54) is 38.3 Å². The highest BCUT2D eigenvalue weighted by Crippen LogP contribution is 2.15. The van der Waals surface area contributed by atoms with Gasteiger partial charge in [-0.05, 0) is 56.4 Å². The first kappa shape index (κ1) is 25.6. The number of nitrogens with one attached hydrogen (secondary N) is 1. The summed E-state index contributed by atoms with van der Waals surface area (Å²) in [4.78, 5) is 15.5. The Labute approximate surface area is 172 Å². The number of hydrogen-bond acceptors (Lipinski definition) is 4. The molecule has 1 aromatic carbocycles. The zero-order valence-corrected chi connectivity index (χ0v) is 18.4. The van der Waals surface area contributed by atoms with E-state index >= 15 is 0 Å². The molecule has 2 aromatic rings. The molecule has 0 saturated carbocycles. The van der Waals surface area contributed by atoms with Gasteiger partial charge in [0.1, 0.15) is 6.29 Å². The Morgan fingerprint density at radius 3 is 2.25 bits per heavy atom. The lowest BCUT2D eigenvalue weighted by Gasteiger charge is -2.24. The van der Waals surface area contributed by atoms with Crippen LogP contribution in [0.5, 0.6) is 0 Å². The van der Waals surface area contributed by atoms with E-state index in [-0.39, 0.29) is 0 Å². The minimum Gasteiger partial charge on any atom is -0.388 e. The minimum absolute atomic E-state index is 0.750. The van der Waals surface area contributed by atoms with Crippen molar-refractivity contribution in [2.75, 3.05) is 30.4 Å². The van der Waals surface area contributed by atoms with Crippen molar-refractivity contribution in [3.8, 4) is 0 Å². The molecule has 0 aliphatic rings. The molecule has 1 N–H and O–H groups in total. The Morgan fingerprint density at radius 1 is 1.11 bits per heavy atom. The highest BCUT2D eigenvalue weighted by molar-refractivity contribution is 5.44. The standard InChI is InChI=1S/C15H26N2.C7H9N.C2H4O/c1-4-11-17(12-7-8-14(3)5-2)15-9-6-10-16-13-15;1-8-7-5-3-2-4-6-7;1-2-3/h6,9-10,13-14H,4-5,7-8,11-12H2,1-3H3;2-6,8H,1H3;2H,1H3. The lowest BCUT2D eigenvalue weighted by molar-refractivity contribution is -0.106. The van der Waals surface area contributed by atoms with Crippen LogP contribution >= 0.6 is 0 Å². The Hall–Kier alpha value is -2.36. The van der Waals surface area contributed by atoms with E-state index in [1.54, 1.807) is 0 Å². The Balaban J connectivity index is 0.000000547. The molecule has 0 aliphatic heterocycles. The highest BCUT2D eigenvalue weighted by Gasteiger charge is 2.06. The predicted molar refractivity (Wildman–Crippen MR) is 123 cm³/mol. The molecule has 2 rings (SSSR count). The van der Waals surface area contributed by atoms with Crippen LogP contribution in [0.25, 0.3) is 0 Å². The fraction of sp³-hybridized carbons (Fsp3) is 0.500. The normalized spacial score (nSPS) is 10.5. The van der Waals surface area contributed by atoms with Gasteiger partial charge in [0.25, 0.3) is 0 Å². The Morgan fingerprint density at radius 2 is 1.79 bits per heavy atom. The molecule has 4 heteroatoms.